The number of aryl methyl sites for hydroxylation is 1. The van der Waals surface area contributed by atoms with Gasteiger partial charge in [-0.15, -0.1) is 0 Å². The fraction of sp³-hybridized carbons (Fsp3) is 0.615. The highest BCUT2D eigenvalue weighted by Crippen LogP contribution is 2.08. The summed E-state index contributed by atoms with van der Waals surface area (Å²) in [6, 6.07) is 4.01. The maximum Gasteiger partial charge on any atom is 0.213 e. The summed E-state index contributed by atoms with van der Waals surface area (Å²) >= 11 is 0. The van der Waals surface area contributed by atoms with Gasteiger partial charge in [-0.05, 0) is 12.0 Å². The summed E-state index contributed by atoms with van der Waals surface area (Å²) < 4.78 is 10.9. The lowest BCUT2D eigenvalue weighted by atomic mass is 10.2. The smallest absolute Gasteiger partial charge is 0.213 e. The minimum absolute atomic E-state index is 0.693. The monoisotopic (exact) mass is 236 g/mol. The van der Waals surface area contributed by atoms with Crippen LogP contribution in [0.25, 0.3) is 0 Å². The first-order valence-corrected chi connectivity index (χ1v) is 6.26. The minimum Gasteiger partial charge on any atom is -0.476 e. The van der Waals surface area contributed by atoms with Gasteiger partial charge in [0.05, 0.1) is 13.2 Å². The van der Waals surface area contributed by atoms with Crippen LogP contribution in [0, 0.1) is 0 Å². The summed E-state index contributed by atoms with van der Waals surface area (Å²) in [4.78, 5) is 6.62. The predicted octanol–water partition coefficient (Wildman–Crippen LogP) is 1.35. The summed E-state index contributed by atoms with van der Waals surface area (Å²) in [6.07, 6.45) is 2.89. The van der Waals surface area contributed by atoms with E-state index in [1.165, 1.54) is 5.56 Å². The number of pyridine rings is 1. The van der Waals surface area contributed by atoms with Gasteiger partial charge in [0, 0.05) is 31.9 Å². The van der Waals surface area contributed by atoms with Crippen molar-refractivity contribution in [2.75, 3.05) is 39.5 Å². The van der Waals surface area contributed by atoms with Gasteiger partial charge in [0.15, 0.2) is 0 Å². The van der Waals surface area contributed by atoms with Crippen LogP contribution < -0.4 is 4.74 Å². The van der Waals surface area contributed by atoms with Crippen LogP contribution in [0.2, 0.25) is 0 Å². The Kier molecular flexibility index (Phi) is 4.76. The Balaban J connectivity index is 1.69. The van der Waals surface area contributed by atoms with E-state index in [-0.39, 0.29) is 0 Å². The van der Waals surface area contributed by atoms with Crippen LogP contribution in [-0.2, 0) is 11.2 Å². The molecule has 1 saturated heterocycles. The molecule has 0 spiro atoms. The van der Waals surface area contributed by atoms with Crippen molar-refractivity contribution in [2.24, 2.45) is 0 Å². The third kappa shape index (κ3) is 3.98. The first-order chi connectivity index (χ1) is 8.38. The van der Waals surface area contributed by atoms with Crippen molar-refractivity contribution in [3.8, 4) is 5.88 Å². The molecule has 2 rings (SSSR count). The Morgan fingerprint density at radius 2 is 2.18 bits per heavy atom. The van der Waals surface area contributed by atoms with E-state index in [0.29, 0.717) is 6.61 Å². The van der Waals surface area contributed by atoms with E-state index in [0.717, 1.165) is 45.1 Å². The standard InChI is InChI=1S/C13H20N2O2/c1-2-12-3-4-13(14-11-12)17-10-7-15-5-8-16-9-6-15/h3-4,11H,2,5-10H2,1H3. The van der Waals surface area contributed by atoms with Crippen molar-refractivity contribution in [3.05, 3.63) is 23.9 Å². The summed E-state index contributed by atoms with van der Waals surface area (Å²) in [5, 5.41) is 0. The zero-order valence-corrected chi connectivity index (χ0v) is 10.4. The minimum atomic E-state index is 0.693. The second-order valence-corrected chi connectivity index (χ2v) is 4.16. The molecule has 1 fully saturated rings. The molecule has 0 aromatic carbocycles. The van der Waals surface area contributed by atoms with Crippen molar-refractivity contribution in [1.29, 1.82) is 0 Å². The van der Waals surface area contributed by atoms with Crippen LogP contribution in [0.3, 0.4) is 0 Å². The van der Waals surface area contributed by atoms with E-state index in [9.17, 15) is 0 Å². The summed E-state index contributed by atoms with van der Waals surface area (Å²) in [5.41, 5.74) is 1.24. The number of morpholine rings is 1. The third-order valence-electron chi connectivity index (χ3n) is 2.97. The molecule has 1 aliphatic heterocycles. The van der Waals surface area contributed by atoms with Crippen molar-refractivity contribution >= 4 is 0 Å². The lowest BCUT2D eigenvalue weighted by Crippen LogP contribution is -2.38. The molecule has 0 unspecified atom stereocenters. The topological polar surface area (TPSA) is 34.6 Å². The van der Waals surface area contributed by atoms with Crippen molar-refractivity contribution < 1.29 is 9.47 Å². The van der Waals surface area contributed by atoms with Crippen LogP contribution in [0.4, 0.5) is 0 Å². The van der Waals surface area contributed by atoms with Crippen LogP contribution in [-0.4, -0.2) is 49.3 Å². The Morgan fingerprint density at radius 3 is 2.82 bits per heavy atom. The van der Waals surface area contributed by atoms with Gasteiger partial charge in [-0.2, -0.15) is 0 Å². The Bertz CT molecular complexity index is 321. The molecule has 4 nitrogen and oxygen atoms in total. The van der Waals surface area contributed by atoms with E-state index in [2.05, 4.69) is 22.9 Å². The van der Waals surface area contributed by atoms with Crippen molar-refractivity contribution in [1.82, 2.24) is 9.88 Å². The molecule has 0 bridgehead atoms. The Hall–Kier alpha value is -1.13. The van der Waals surface area contributed by atoms with Gasteiger partial charge in [0.1, 0.15) is 6.61 Å². The maximum atomic E-state index is 5.61. The summed E-state index contributed by atoms with van der Waals surface area (Å²) in [7, 11) is 0. The quantitative estimate of drug-likeness (QED) is 0.773. The fourth-order valence-electron chi connectivity index (χ4n) is 1.81. The van der Waals surface area contributed by atoms with Crippen LogP contribution in [0.15, 0.2) is 18.3 Å². The van der Waals surface area contributed by atoms with Crippen LogP contribution in [0.5, 0.6) is 5.88 Å². The third-order valence-corrected chi connectivity index (χ3v) is 2.97. The molecule has 1 aromatic heterocycles. The molecule has 2 heterocycles. The number of hydrogen-bond donors (Lipinski definition) is 0. The van der Waals surface area contributed by atoms with Crippen LogP contribution in [0.1, 0.15) is 12.5 Å². The highest BCUT2D eigenvalue weighted by Gasteiger charge is 2.09. The Labute approximate surface area is 103 Å². The molecule has 94 valence electrons. The van der Waals surface area contributed by atoms with Gasteiger partial charge in [0.2, 0.25) is 5.88 Å². The molecule has 0 N–H and O–H groups in total. The molecule has 0 radical (unpaired) electrons. The number of nitrogens with zero attached hydrogens (tertiary/aromatic N) is 2. The van der Waals surface area contributed by atoms with E-state index < -0.39 is 0 Å². The van der Waals surface area contributed by atoms with E-state index in [1.807, 2.05) is 12.3 Å². The SMILES string of the molecule is CCc1ccc(OCCN2CCOCC2)nc1. The van der Waals surface area contributed by atoms with Gasteiger partial charge in [-0.25, -0.2) is 4.98 Å². The largest absolute Gasteiger partial charge is 0.476 e. The summed E-state index contributed by atoms with van der Waals surface area (Å²) in [5.74, 6) is 0.718. The highest BCUT2D eigenvalue weighted by atomic mass is 16.5. The summed E-state index contributed by atoms with van der Waals surface area (Å²) in [6.45, 7) is 7.44. The molecule has 0 amide bonds. The zero-order valence-electron chi connectivity index (χ0n) is 10.4. The molecule has 4 heteroatoms. The number of hydrogen-bond acceptors (Lipinski definition) is 4. The van der Waals surface area contributed by atoms with Gasteiger partial charge in [-0.3, -0.25) is 4.90 Å². The number of rotatable bonds is 5. The lowest BCUT2D eigenvalue weighted by Gasteiger charge is -2.26. The molecular formula is C13H20N2O2. The van der Waals surface area contributed by atoms with Crippen molar-refractivity contribution in [3.63, 3.8) is 0 Å². The molecule has 0 atom stereocenters. The molecule has 0 aliphatic carbocycles. The van der Waals surface area contributed by atoms with Gasteiger partial charge in [-0.1, -0.05) is 13.0 Å². The molecule has 17 heavy (non-hydrogen) atoms. The number of aromatic nitrogens is 1. The zero-order chi connectivity index (χ0) is 11.9. The first-order valence-electron chi connectivity index (χ1n) is 6.26. The van der Waals surface area contributed by atoms with Crippen molar-refractivity contribution in [2.45, 2.75) is 13.3 Å². The van der Waals surface area contributed by atoms with E-state index >= 15 is 0 Å². The number of ether oxygens (including phenoxy) is 2. The maximum absolute atomic E-state index is 5.61. The Morgan fingerprint density at radius 1 is 1.35 bits per heavy atom. The fourth-order valence-corrected chi connectivity index (χ4v) is 1.81. The van der Waals surface area contributed by atoms with Crippen LogP contribution >= 0.6 is 0 Å². The van der Waals surface area contributed by atoms with E-state index in [4.69, 9.17) is 9.47 Å². The average Bonchev–Trinajstić information content (AvgIpc) is 2.41. The average molecular weight is 236 g/mol. The normalized spacial score (nSPS) is 17.0. The molecular weight excluding hydrogens is 216 g/mol. The lowest BCUT2D eigenvalue weighted by molar-refractivity contribution is 0.0320. The molecule has 0 saturated carbocycles. The second-order valence-electron chi connectivity index (χ2n) is 4.16. The van der Waals surface area contributed by atoms with E-state index in [1.54, 1.807) is 0 Å². The van der Waals surface area contributed by atoms with Gasteiger partial charge >= 0.3 is 0 Å². The molecule has 1 aromatic rings. The molecule has 1 aliphatic rings. The van der Waals surface area contributed by atoms with Gasteiger partial charge < -0.3 is 9.47 Å². The highest BCUT2D eigenvalue weighted by molar-refractivity contribution is 5.17. The van der Waals surface area contributed by atoms with Gasteiger partial charge in [0.25, 0.3) is 0 Å². The second kappa shape index (κ2) is 6.57. The first kappa shape index (κ1) is 12.3. The predicted molar refractivity (Wildman–Crippen MR) is 66.4 cm³/mol.